The maximum absolute atomic E-state index is 12.9. The highest BCUT2D eigenvalue weighted by Gasteiger charge is 2.42. The Bertz CT molecular complexity index is 635. The number of nitrogens with zero attached hydrogens (tertiary/aromatic N) is 1. The molecule has 0 aliphatic heterocycles. The van der Waals surface area contributed by atoms with Crippen molar-refractivity contribution in [2.24, 2.45) is 0 Å². The molecule has 0 bridgehead atoms. The molecule has 2 aliphatic rings. The number of carbonyl (C=O) groups is 3. The molecule has 1 aromatic rings. The Morgan fingerprint density at radius 3 is 2.55 bits per heavy atom. The molecule has 116 valence electrons. The van der Waals surface area contributed by atoms with Crippen molar-refractivity contribution in [2.75, 3.05) is 0 Å². The van der Waals surface area contributed by atoms with Crippen molar-refractivity contribution in [3.8, 4) is 0 Å². The number of aliphatic carboxylic acids is 1. The predicted molar refractivity (Wildman–Crippen MR) is 79.7 cm³/mol. The van der Waals surface area contributed by atoms with Gasteiger partial charge in [0.25, 0.3) is 0 Å². The highest BCUT2D eigenvalue weighted by molar-refractivity contribution is 6.02. The monoisotopic (exact) mass is 301 g/mol. The van der Waals surface area contributed by atoms with Crippen molar-refractivity contribution in [2.45, 2.75) is 50.6 Å². The highest BCUT2D eigenvalue weighted by Crippen LogP contribution is 2.37. The standard InChI is InChI=1S/C17H19NO4/c1-10(17(21)22)18(11-6-7-11)16(20)14-8-9-15(19)13-5-3-2-4-12(13)14/h2-5,10-11,14H,6-9H2,1H3,(H,21,22). The molecule has 1 aromatic carbocycles. The lowest BCUT2D eigenvalue weighted by Crippen LogP contribution is -2.47. The van der Waals surface area contributed by atoms with Crippen molar-refractivity contribution >= 4 is 17.7 Å². The molecule has 0 spiro atoms. The number of ketones is 1. The Kier molecular flexibility index (Phi) is 3.72. The number of hydrogen-bond donors (Lipinski definition) is 1. The first-order chi connectivity index (χ1) is 10.5. The van der Waals surface area contributed by atoms with Crippen LogP contribution in [0.1, 0.15) is 54.4 Å². The Morgan fingerprint density at radius 1 is 1.23 bits per heavy atom. The van der Waals surface area contributed by atoms with Crippen LogP contribution in [0, 0.1) is 0 Å². The van der Waals surface area contributed by atoms with Crippen LogP contribution in [0.5, 0.6) is 0 Å². The Morgan fingerprint density at radius 2 is 1.91 bits per heavy atom. The van der Waals surface area contributed by atoms with Crippen molar-refractivity contribution in [3.63, 3.8) is 0 Å². The number of rotatable bonds is 4. The molecule has 1 amide bonds. The smallest absolute Gasteiger partial charge is 0.326 e. The van der Waals surface area contributed by atoms with E-state index in [-0.39, 0.29) is 17.7 Å². The van der Waals surface area contributed by atoms with Crippen LogP contribution in [0.15, 0.2) is 24.3 Å². The van der Waals surface area contributed by atoms with Crippen molar-refractivity contribution in [1.82, 2.24) is 4.90 Å². The molecule has 5 heteroatoms. The van der Waals surface area contributed by atoms with E-state index < -0.39 is 17.9 Å². The second-order valence-electron chi connectivity index (χ2n) is 6.09. The largest absolute Gasteiger partial charge is 0.480 e. The molecule has 22 heavy (non-hydrogen) atoms. The summed E-state index contributed by atoms with van der Waals surface area (Å²) < 4.78 is 0. The van der Waals surface area contributed by atoms with Gasteiger partial charge in [0.05, 0.1) is 5.92 Å². The molecule has 3 rings (SSSR count). The predicted octanol–water partition coefficient (Wildman–Crippen LogP) is 2.21. The first-order valence-electron chi connectivity index (χ1n) is 7.68. The van der Waals surface area contributed by atoms with E-state index in [1.54, 1.807) is 19.1 Å². The van der Waals surface area contributed by atoms with Gasteiger partial charge in [-0.05, 0) is 31.7 Å². The van der Waals surface area contributed by atoms with Crippen molar-refractivity contribution in [3.05, 3.63) is 35.4 Å². The van der Waals surface area contributed by atoms with E-state index >= 15 is 0 Å². The maximum atomic E-state index is 12.9. The number of carboxylic acid groups (broad SMARTS) is 1. The van der Waals surface area contributed by atoms with E-state index in [9.17, 15) is 19.5 Å². The highest BCUT2D eigenvalue weighted by atomic mass is 16.4. The second-order valence-corrected chi connectivity index (χ2v) is 6.09. The van der Waals surface area contributed by atoms with Crippen LogP contribution >= 0.6 is 0 Å². The quantitative estimate of drug-likeness (QED) is 0.925. The van der Waals surface area contributed by atoms with Gasteiger partial charge in [-0.25, -0.2) is 4.79 Å². The van der Waals surface area contributed by atoms with Gasteiger partial charge in [0.1, 0.15) is 6.04 Å². The van der Waals surface area contributed by atoms with Gasteiger partial charge in [-0.2, -0.15) is 0 Å². The summed E-state index contributed by atoms with van der Waals surface area (Å²) in [5.41, 5.74) is 1.35. The molecule has 2 aliphatic carbocycles. The van der Waals surface area contributed by atoms with E-state index in [0.717, 1.165) is 18.4 Å². The van der Waals surface area contributed by atoms with Crippen LogP contribution < -0.4 is 0 Å². The third-order valence-corrected chi connectivity index (χ3v) is 4.56. The molecule has 5 nitrogen and oxygen atoms in total. The number of Topliss-reactive ketones (excluding diaryl/α,β-unsaturated/α-hetero) is 1. The molecule has 0 aromatic heterocycles. The molecule has 2 unspecified atom stereocenters. The summed E-state index contributed by atoms with van der Waals surface area (Å²) in [6, 6.07) is 6.38. The van der Waals surface area contributed by atoms with E-state index in [2.05, 4.69) is 0 Å². The molecule has 0 heterocycles. The van der Waals surface area contributed by atoms with Gasteiger partial charge in [-0.15, -0.1) is 0 Å². The molecule has 1 fully saturated rings. The van der Waals surface area contributed by atoms with Crippen LogP contribution in [0.4, 0.5) is 0 Å². The van der Waals surface area contributed by atoms with Gasteiger partial charge in [0.15, 0.2) is 5.78 Å². The van der Waals surface area contributed by atoms with Gasteiger partial charge in [-0.3, -0.25) is 9.59 Å². The Labute approximate surface area is 128 Å². The van der Waals surface area contributed by atoms with E-state index in [1.807, 2.05) is 12.1 Å². The molecule has 0 saturated heterocycles. The number of carboxylic acids is 1. The molecular weight excluding hydrogens is 282 g/mol. The Balaban J connectivity index is 1.93. The molecule has 2 atom stereocenters. The van der Waals surface area contributed by atoms with Gasteiger partial charge >= 0.3 is 5.97 Å². The molecule has 1 N–H and O–H groups in total. The summed E-state index contributed by atoms with van der Waals surface area (Å²) in [6.45, 7) is 1.55. The lowest BCUT2D eigenvalue weighted by Gasteiger charge is -2.32. The minimum atomic E-state index is -0.986. The summed E-state index contributed by atoms with van der Waals surface area (Å²) in [5, 5.41) is 9.27. The minimum absolute atomic E-state index is 0.0309. The topological polar surface area (TPSA) is 74.7 Å². The number of amides is 1. The lowest BCUT2D eigenvalue weighted by atomic mass is 9.81. The third-order valence-electron chi connectivity index (χ3n) is 4.56. The maximum Gasteiger partial charge on any atom is 0.326 e. The fraction of sp³-hybridized carbons (Fsp3) is 0.471. The first kappa shape index (κ1) is 14.8. The zero-order chi connectivity index (χ0) is 15.9. The summed E-state index contributed by atoms with van der Waals surface area (Å²) in [6.07, 6.45) is 2.52. The van der Waals surface area contributed by atoms with Gasteiger partial charge in [0, 0.05) is 18.0 Å². The van der Waals surface area contributed by atoms with E-state index in [0.29, 0.717) is 18.4 Å². The lowest BCUT2D eigenvalue weighted by molar-refractivity contribution is -0.150. The molecule has 0 radical (unpaired) electrons. The molecular formula is C17H19NO4. The summed E-state index contributed by atoms with van der Waals surface area (Å²) in [7, 11) is 0. The average molecular weight is 301 g/mol. The van der Waals surface area contributed by atoms with Crippen LogP contribution in [0.2, 0.25) is 0 Å². The summed E-state index contributed by atoms with van der Waals surface area (Å²) in [5.74, 6) is -1.49. The zero-order valence-corrected chi connectivity index (χ0v) is 12.5. The number of hydrogen-bond acceptors (Lipinski definition) is 3. The van der Waals surface area contributed by atoms with Crippen molar-refractivity contribution < 1.29 is 19.5 Å². The average Bonchev–Trinajstić information content (AvgIpc) is 3.32. The van der Waals surface area contributed by atoms with E-state index in [1.165, 1.54) is 4.90 Å². The van der Waals surface area contributed by atoms with Gasteiger partial charge in [-0.1, -0.05) is 24.3 Å². The normalized spacial score (nSPS) is 21.9. The van der Waals surface area contributed by atoms with Crippen LogP contribution in [0.3, 0.4) is 0 Å². The van der Waals surface area contributed by atoms with E-state index in [4.69, 9.17) is 0 Å². The van der Waals surface area contributed by atoms with Crippen molar-refractivity contribution in [1.29, 1.82) is 0 Å². The SMILES string of the molecule is CC(C(=O)O)N(C(=O)C1CCC(=O)c2ccccc21)C1CC1. The number of fused-ring (bicyclic) bond motifs is 1. The second kappa shape index (κ2) is 5.55. The Hall–Kier alpha value is -2.17. The summed E-state index contributed by atoms with van der Waals surface area (Å²) in [4.78, 5) is 37.8. The molecule has 1 saturated carbocycles. The van der Waals surface area contributed by atoms with Crippen LogP contribution in [0.25, 0.3) is 0 Å². The number of carbonyl (C=O) groups excluding carboxylic acids is 2. The fourth-order valence-corrected chi connectivity index (χ4v) is 3.22. The van der Waals surface area contributed by atoms with Crippen LogP contribution in [-0.4, -0.2) is 39.7 Å². The minimum Gasteiger partial charge on any atom is -0.480 e. The summed E-state index contributed by atoms with van der Waals surface area (Å²) >= 11 is 0. The number of benzene rings is 1. The third kappa shape index (κ3) is 2.51. The van der Waals surface area contributed by atoms with Crippen LogP contribution in [-0.2, 0) is 9.59 Å². The van der Waals surface area contributed by atoms with Gasteiger partial charge < -0.3 is 10.0 Å². The zero-order valence-electron chi connectivity index (χ0n) is 12.5. The fourth-order valence-electron chi connectivity index (χ4n) is 3.22. The van der Waals surface area contributed by atoms with Gasteiger partial charge in [0.2, 0.25) is 5.91 Å². The first-order valence-corrected chi connectivity index (χ1v) is 7.68.